The molecule has 1 atom stereocenters. The van der Waals surface area contributed by atoms with Crippen LogP contribution in [-0.4, -0.2) is 60.8 Å². The molecule has 3 aliphatic heterocycles. The fourth-order valence-corrected chi connectivity index (χ4v) is 5.01. The highest BCUT2D eigenvalue weighted by molar-refractivity contribution is 5.86. The lowest BCUT2D eigenvalue weighted by Crippen LogP contribution is -2.50. The lowest BCUT2D eigenvalue weighted by atomic mass is 9.78. The van der Waals surface area contributed by atoms with Gasteiger partial charge in [0, 0.05) is 38.9 Å². The van der Waals surface area contributed by atoms with E-state index in [0.29, 0.717) is 36.4 Å². The molecule has 8 heteroatoms. The summed E-state index contributed by atoms with van der Waals surface area (Å²) in [7, 11) is 0. The Morgan fingerprint density at radius 1 is 1.31 bits per heavy atom. The number of carbonyl (C=O) groups is 2. The minimum absolute atomic E-state index is 0.304. The predicted octanol–water partition coefficient (Wildman–Crippen LogP) is 2.10. The lowest BCUT2D eigenvalue weighted by molar-refractivity contribution is -0.139. The monoisotopic (exact) mass is 402 g/mol. The molecule has 0 aliphatic carbocycles. The van der Waals surface area contributed by atoms with Crippen LogP contribution in [0, 0.1) is 5.41 Å². The molecule has 1 aromatic rings. The molecular weight excluding hydrogens is 372 g/mol. The topological polar surface area (TPSA) is 98.0 Å². The highest BCUT2D eigenvalue weighted by Gasteiger charge is 2.50. The van der Waals surface area contributed by atoms with Crippen LogP contribution in [0.3, 0.4) is 0 Å². The van der Waals surface area contributed by atoms with Crippen LogP contribution in [0.1, 0.15) is 44.7 Å². The van der Waals surface area contributed by atoms with E-state index >= 15 is 0 Å². The van der Waals surface area contributed by atoms with Crippen molar-refractivity contribution in [3.63, 3.8) is 0 Å². The number of nitrogens with two attached hydrogens (primary N) is 1. The van der Waals surface area contributed by atoms with E-state index in [1.807, 2.05) is 13.0 Å². The van der Waals surface area contributed by atoms with E-state index in [0.717, 1.165) is 64.2 Å². The van der Waals surface area contributed by atoms with Crippen LogP contribution in [0.25, 0.3) is 0 Å². The Balaban J connectivity index is 1.51. The Hall–Kier alpha value is -2.35. The number of hydrogen-bond acceptors (Lipinski definition) is 6. The van der Waals surface area contributed by atoms with Gasteiger partial charge in [0.15, 0.2) is 5.75 Å². The second-order valence-corrected chi connectivity index (χ2v) is 8.29. The van der Waals surface area contributed by atoms with Crippen molar-refractivity contribution in [2.75, 3.05) is 37.7 Å². The number of primary amides is 1. The molecule has 2 N–H and O–H groups in total. The number of anilines is 1. The molecule has 2 amide bonds. The number of piperidine rings is 1. The van der Waals surface area contributed by atoms with Gasteiger partial charge in [0.25, 0.3) is 0 Å². The molecule has 0 unspecified atom stereocenters. The lowest BCUT2D eigenvalue weighted by Gasteiger charge is -2.40. The van der Waals surface area contributed by atoms with Crippen molar-refractivity contribution in [2.45, 2.75) is 51.5 Å². The van der Waals surface area contributed by atoms with Gasteiger partial charge in [0.2, 0.25) is 5.91 Å². The van der Waals surface area contributed by atoms with Crippen LogP contribution in [0.15, 0.2) is 12.1 Å². The zero-order valence-corrected chi connectivity index (χ0v) is 17.1. The van der Waals surface area contributed by atoms with Crippen LogP contribution in [0.4, 0.5) is 10.6 Å². The summed E-state index contributed by atoms with van der Waals surface area (Å²) >= 11 is 0. The number of hydrogen-bond donors (Lipinski definition) is 1. The van der Waals surface area contributed by atoms with Gasteiger partial charge in [0.1, 0.15) is 5.82 Å². The van der Waals surface area contributed by atoms with Crippen molar-refractivity contribution < 1.29 is 19.1 Å². The first-order valence-corrected chi connectivity index (χ1v) is 10.6. The summed E-state index contributed by atoms with van der Waals surface area (Å²) in [6.07, 6.45) is 4.48. The van der Waals surface area contributed by atoms with Gasteiger partial charge in [0.05, 0.1) is 11.1 Å². The van der Waals surface area contributed by atoms with Crippen molar-refractivity contribution in [2.24, 2.45) is 11.1 Å². The Morgan fingerprint density at radius 2 is 2.10 bits per heavy atom. The summed E-state index contributed by atoms with van der Waals surface area (Å²) in [5.74, 6) is 1.53. The third-order valence-corrected chi connectivity index (χ3v) is 6.54. The summed E-state index contributed by atoms with van der Waals surface area (Å²) in [6.45, 7) is 5.87. The SMILES string of the molecule is CCc1nc(N2CCC[C@@]3(CCN(C4CCOCC4)C3=O)C2)ccc1OC(N)=O. The summed E-state index contributed by atoms with van der Waals surface area (Å²) in [5.41, 5.74) is 5.53. The van der Waals surface area contributed by atoms with Crippen LogP contribution in [-0.2, 0) is 16.0 Å². The normalized spacial score (nSPS) is 25.6. The average molecular weight is 402 g/mol. The average Bonchev–Trinajstić information content (AvgIpc) is 3.04. The molecule has 4 rings (SSSR count). The zero-order valence-electron chi connectivity index (χ0n) is 17.1. The molecular formula is C21H30N4O4. The molecule has 158 valence electrons. The van der Waals surface area contributed by atoms with E-state index in [1.165, 1.54) is 0 Å². The third kappa shape index (κ3) is 3.90. The molecule has 0 bridgehead atoms. The zero-order chi connectivity index (χ0) is 20.4. The third-order valence-electron chi connectivity index (χ3n) is 6.54. The number of pyridine rings is 1. The van der Waals surface area contributed by atoms with E-state index in [2.05, 4.69) is 9.80 Å². The van der Waals surface area contributed by atoms with Crippen molar-refractivity contribution in [1.29, 1.82) is 0 Å². The largest absolute Gasteiger partial charge is 0.410 e. The molecule has 0 saturated carbocycles. The summed E-state index contributed by atoms with van der Waals surface area (Å²) in [4.78, 5) is 33.6. The van der Waals surface area contributed by atoms with Crippen LogP contribution in [0.2, 0.25) is 0 Å². The molecule has 0 radical (unpaired) electrons. The molecule has 0 aromatic carbocycles. The smallest absolute Gasteiger partial charge is 0.409 e. The summed E-state index contributed by atoms with van der Waals surface area (Å²) < 4.78 is 10.5. The fraction of sp³-hybridized carbons (Fsp3) is 0.667. The molecule has 3 fully saturated rings. The maximum absolute atomic E-state index is 13.4. The fourth-order valence-electron chi connectivity index (χ4n) is 5.01. The van der Waals surface area contributed by atoms with Gasteiger partial charge in [-0.05, 0) is 50.7 Å². The van der Waals surface area contributed by atoms with Gasteiger partial charge >= 0.3 is 6.09 Å². The van der Waals surface area contributed by atoms with Crippen molar-refractivity contribution in [3.05, 3.63) is 17.8 Å². The molecule has 3 aliphatic rings. The number of rotatable bonds is 4. The van der Waals surface area contributed by atoms with Crippen LogP contribution >= 0.6 is 0 Å². The number of likely N-dealkylation sites (tertiary alicyclic amines) is 1. The Kier molecular flexibility index (Phi) is 5.63. The number of nitrogens with zero attached hydrogens (tertiary/aromatic N) is 3. The highest BCUT2D eigenvalue weighted by Crippen LogP contribution is 2.42. The molecule has 3 saturated heterocycles. The van der Waals surface area contributed by atoms with E-state index in [9.17, 15) is 9.59 Å². The minimum atomic E-state index is -0.837. The molecule has 8 nitrogen and oxygen atoms in total. The van der Waals surface area contributed by atoms with Crippen LogP contribution in [0.5, 0.6) is 5.75 Å². The van der Waals surface area contributed by atoms with Gasteiger partial charge in [-0.3, -0.25) is 4.79 Å². The maximum atomic E-state index is 13.4. The highest BCUT2D eigenvalue weighted by atomic mass is 16.5. The Labute approximate surface area is 171 Å². The van der Waals surface area contributed by atoms with Crippen LogP contribution < -0.4 is 15.4 Å². The second-order valence-electron chi connectivity index (χ2n) is 8.29. The molecule has 4 heterocycles. The van der Waals surface area contributed by atoms with Gasteiger partial charge in [-0.15, -0.1) is 0 Å². The molecule has 1 aromatic heterocycles. The predicted molar refractivity (Wildman–Crippen MR) is 108 cm³/mol. The standard InChI is InChI=1S/C21H30N4O4/c1-2-16-17(29-20(22)27)4-5-18(23-16)24-10-3-8-21(14-24)9-11-25(19(21)26)15-6-12-28-13-7-15/h4-5,15H,2-3,6-14H2,1H3,(H2,22,27)/t21-/m1/s1. The first kappa shape index (κ1) is 19.9. The first-order chi connectivity index (χ1) is 14.0. The number of aryl methyl sites for hydroxylation is 1. The Morgan fingerprint density at radius 3 is 2.83 bits per heavy atom. The van der Waals surface area contributed by atoms with Gasteiger partial charge in [-0.1, -0.05) is 6.92 Å². The van der Waals surface area contributed by atoms with E-state index in [1.54, 1.807) is 6.07 Å². The molecule has 29 heavy (non-hydrogen) atoms. The Bertz CT molecular complexity index is 780. The second kappa shape index (κ2) is 8.18. The van der Waals surface area contributed by atoms with Crippen molar-refractivity contribution in [1.82, 2.24) is 9.88 Å². The van der Waals surface area contributed by atoms with Gasteiger partial charge in [-0.25, -0.2) is 9.78 Å². The van der Waals surface area contributed by atoms with E-state index in [-0.39, 0.29) is 5.41 Å². The maximum Gasteiger partial charge on any atom is 0.410 e. The summed E-state index contributed by atoms with van der Waals surface area (Å²) in [5, 5.41) is 0. The van der Waals surface area contributed by atoms with Crippen molar-refractivity contribution >= 4 is 17.8 Å². The van der Waals surface area contributed by atoms with E-state index < -0.39 is 6.09 Å². The summed E-state index contributed by atoms with van der Waals surface area (Å²) in [6, 6.07) is 3.92. The number of amides is 2. The minimum Gasteiger partial charge on any atom is -0.409 e. The number of aromatic nitrogens is 1. The molecule has 1 spiro atoms. The number of carbonyl (C=O) groups excluding carboxylic acids is 2. The number of ether oxygens (including phenoxy) is 2. The van der Waals surface area contributed by atoms with Crippen molar-refractivity contribution in [3.8, 4) is 5.75 Å². The van der Waals surface area contributed by atoms with Gasteiger partial charge < -0.3 is 25.0 Å². The quantitative estimate of drug-likeness (QED) is 0.828. The van der Waals surface area contributed by atoms with E-state index in [4.69, 9.17) is 20.2 Å². The first-order valence-electron chi connectivity index (χ1n) is 10.6. The van der Waals surface area contributed by atoms with Gasteiger partial charge in [-0.2, -0.15) is 0 Å².